The molecule has 0 saturated heterocycles. The van der Waals surface area contributed by atoms with Crippen LogP contribution in [0.3, 0.4) is 0 Å². The monoisotopic (exact) mass is 172 g/mol. The van der Waals surface area contributed by atoms with Crippen LogP contribution in [0.25, 0.3) is 0 Å². The van der Waals surface area contributed by atoms with Crippen LogP contribution in [0.15, 0.2) is 6.20 Å². The zero-order chi connectivity index (χ0) is 8.10. The molecule has 0 unspecified atom stereocenters. The quantitative estimate of drug-likeness (QED) is 0.690. The largest absolute Gasteiger partial charge is 0.329 e. The Morgan fingerprint density at radius 3 is 3.09 bits per heavy atom. The highest BCUT2D eigenvalue weighted by Gasteiger charge is 2.00. The van der Waals surface area contributed by atoms with E-state index in [9.17, 15) is 0 Å². The summed E-state index contributed by atoms with van der Waals surface area (Å²) in [6.07, 6.45) is 1.79. The van der Waals surface area contributed by atoms with Gasteiger partial charge in [0.1, 0.15) is 0 Å². The molecule has 1 aromatic heterocycles. The SMILES string of the molecule is CN(CCN)Cc1cnns1. The van der Waals surface area contributed by atoms with E-state index in [0.717, 1.165) is 13.1 Å². The fraction of sp³-hybridized carbons (Fsp3) is 0.667. The summed E-state index contributed by atoms with van der Waals surface area (Å²) in [6.45, 7) is 2.51. The number of hydrogen-bond acceptors (Lipinski definition) is 5. The molecule has 0 atom stereocenters. The van der Waals surface area contributed by atoms with E-state index in [0.29, 0.717) is 6.54 Å². The zero-order valence-corrected chi connectivity index (χ0v) is 7.34. The molecule has 1 heterocycles. The fourth-order valence-electron chi connectivity index (χ4n) is 0.823. The van der Waals surface area contributed by atoms with Crippen molar-refractivity contribution in [2.75, 3.05) is 20.1 Å². The zero-order valence-electron chi connectivity index (χ0n) is 6.53. The average molecular weight is 172 g/mol. The molecule has 0 fully saturated rings. The van der Waals surface area contributed by atoms with Gasteiger partial charge in [-0.25, -0.2) is 0 Å². The van der Waals surface area contributed by atoms with Gasteiger partial charge in [-0.15, -0.1) is 5.10 Å². The van der Waals surface area contributed by atoms with Gasteiger partial charge in [-0.1, -0.05) is 4.49 Å². The van der Waals surface area contributed by atoms with E-state index in [1.165, 1.54) is 16.4 Å². The second kappa shape index (κ2) is 4.38. The molecule has 0 amide bonds. The highest BCUT2D eigenvalue weighted by molar-refractivity contribution is 7.05. The Bertz CT molecular complexity index is 186. The Balaban J connectivity index is 2.31. The van der Waals surface area contributed by atoms with Gasteiger partial charge in [-0.05, 0) is 18.6 Å². The van der Waals surface area contributed by atoms with Crippen molar-refractivity contribution in [3.05, 3.63) is 11.1 Å². The van der Waals surface area contributed by atoms with Crippen molar-refractivity contribution in [1.82, 2.24) is 14.5 Å². The van der Waals surface area contributed by atoms with Crippen LogP contribution in [-0.2, 0) is 6.54 Å². The molecule has 0 aliphatic carbocycles. The average Bonchev–Trinajstić information content (AvgIpc) is 2.40. The minimum Gasteiger partial charge on any atom is -0.329 e. The lowest BCUT2D eigenvalue weighted by Gasteiger charge is -2.12. The van der Waals surface area contributed by atoms with E-state index < -0.39 is 0 Å². The lowest BCUT2D eigenvalue weighted by atomic mass is 10.4. The number of likely N-dealkylation sites (N-methyl/N-ethyl adjacent to an activating group) is 1. The first-order valence-corrected chi connectivity index (χ1v) is 4.25. The Hall–Kier alpha value is -0.520. The first-order chi connectivity index (χ1) is 5.33. The molecule has 5 heteroatoms. The van der Waals surface area contributed by atoms with E-state index in [1.54, 1.807) is 6.20 Å². The van der Waals surface area contributed by atoms with Gasteiger partial charge in [0.2, 0.25) is 0 Å². The Morgan fingerprint density at radius 1 is 1.73 bits per heavy atom. The molecule has 11 heavy (non-hydrogen) atoms. The first-order valence-electron chi connectivity index (χ1n) is 3.48. The third-order valence-corrected chi connectivity index (χ3v) is 1.99. The summed E-state index contributed by atoms with van der Waals surface area (Å²) in [5.74, 6) is 0. The minimum absolute atomic E-state index is 0.697. The van der Waals surface area contributed by atoms with Crippen molar-refractivity contribution in [3.8, 4) is 0 Å². The van der Waals surface area contributed by atoms with E-state index in [2.05, 4.69) is 14.5 Å². The predicted molar refractivity (Wildman–Crippen MR) is 45.3 cm³/mol. The van der Waals surface area contributed by atoms with E-state index in [-0.39, 0.29) is 0 Å². The summed E-state index contributed by atoms with van der Waals surface area (Å²) >= 11 is 1.43. The first kappa shape index (κ1) is 8.58. The minimum atomic E-state index is 0.697. The van der Waals surface area contributed by atoms with Crippen LogP contribution in [0.4, 0.5) is 0 Å². The Labute approximate surface area is 70.2 Å². The molecule has 0 aliphatic rings. The summed E-state index contributed by atoms with van der Waals surface area (Å²) in [6, 6.07) is 0. The second-order valence-electron chi connectivity index (χ2n) is 2.41. The molecule has 2 N–H and O–H groups in total. The van der Waals surface area contributed by atoms with Crippen molar-refractivity contribution in [3.63, 3.8) is 0 Å². The van der Waals surface area contributed by atoms with Gasteiger partial charge < -0.3 is 5.73 Å². The number of aromatic nitrogens is 2. The van der Waals surface area contributed by atoms with Crippen molar-refractivity contribution in [1.29, 1.82) is 0 Å². The normalized spacial score (nSPS) is 10.8. The topological polar surface area (TPSA) is 55.0 Å². The molecule has 0 aromatic carbocycles. The number of rotatable bonds is 4. The lowest BCUT2D eigenvalue weighted by Crippen LogP contribution is -2.24. The summed E-state index contributed by atoms with van der Waals surface area (Å²) < 4.78 is 3.77. The maximum atomic E-state index is 5.39. The van der Waals surface area contributed by atoms with Crippen molar-refractivity contribution in [2.24, 2.45) is 5.73 Å². The maximum absolute atomic E-state index is 5.39. The molecule has 1 rings (SSSR count). The van der Waals surface area contributed by atoms with Gasteiger partial charge in [0, 0.05) is 19.6 Å². The predicted octanol–water partition coefficient (Wildman–Crippen LogP) is -0.0714. The maximum Gasteiger partial charge on any atom is 0.0666 e. The van der Waals surface area contributed by atoms with Crippen molar-refractivity contribution < 1.29 is 0 Å². The molecule has 0 spiro atoms. The molecular weight excluding hydrogens is 160 g/mol. The van der Waals surface area contributed by atoms with Crippen LogP contribution in [0.1, 0.15) is 4.88 Å². The van der Waals surface area contributed by atoms with Gasteiger partial charge in [-0.2, -0.15) is 0 Å². The number of nitrogens with two attached hydrogens (primary N) is 1. The van der Waals surface area contributed by atoms with Crippen LogP contribution < -0.4 is 5.73 Å². The lowest BCUT2D eigenvalue weighted by molar-refractivity contribution is 0.339. The van der Waals surface area contributed by atoms with E-state index in [1.807, 2.05) is 7.05 Å². The van der Waals surface area contributed by atoms with E-state index in [4.69, 9.17) is 5.73 Å². The standard InChI is InChI=1S/C6H12N4S/c1-10(3-2-7)5-6-4-8-9-11-6/h4H,2-3,5,7H2,1H3. The molecule has 4 nitrogen and oxygen atoms in total. The van der Waals surface area contributed by atoms with Gasteiger partial charge in [0.05, 0.1) is 11.1 Å². The summed E-state index contributed by atoms with van der Waals surface area (Å²) in [5, 5.41) is 3.75. The van der Waals surface area contributed by atoms with Gasteiger partial charge in [0.25, 0.3) is 0 Å². The third-order valence-electron chi connectivity index (χ3n) is 1.34. The van der Waals surface area contributed by atoms with Crippen LogP contribution in [-0.4, -0.2) is 34.6 Å². The number of hydrogen-bond donors (Lipinski definition) is 1. The molecule has 0 radical (unpaired) electrons. The molecule has 62 valence electrons. The summed E-state index contributed by atoms with van der Waals surface area (Å²) in [7, 11) is 2.03. The highest BCUT2D eigenvalue weighted by atomic mass is 32.1. The van der Waals surface area contributed by atoms with Crippen LogP contribution >= 0.6 is 11.5 Å². The Kier molecular flexibility index (Phi) is 3.41. The smallest absolute Gasteiger partial charge is 0.0666 e. The van der Waals surface area contributed by atoms with Crippen molar-refractivity contribution in [2.45, 2.75) is 6.54 Å². The summed E-state index contributed by atoms with van der Waals surface area (Å²) in [5.41, 5.74) is 5.39. The third kappa shape index (κ3) is 2.92. The number of nitrogens with zero attached hydrogens (tertiary/aromatic N) is 3. The summed E-state index contributed by atoms with van der Waals surface area (Å²) in [4.78, 5) is 3.33. The van der Waals surface area contributed by atoms with Crippen molar-refractivity contribution >= 4 is 11.5 Å². The van der Waals surface area contributed by atoms with Gasteiger partial charge >= 0.3 is 0 Å². The van der Waals surface area contributed by atoms with Crippen LogP contribution in [0, 0.1) is 0 Å². The molecule has 0 bridgehead atoms. The van der Waals surface area contributed by atoms with Crippen LogP contribution in [0.2, 0.25) is 0 Å². The molecule has 0 saturated carbocycles. The Morgan fingerprint density at radius 2 is 2.55 bits per heavy atom. The van der Waals surface area contributed by atoms with Crippen LogP contribution in [0.5, 0.6) is 0 Å². The molecule has 1 aromatic rings. The fourth-order valence-corrected chi connectivity index (χ4v) is 1.39. The highest BCUT2D eigenvalue weighted by Crippen LogP contribution is 2.04. The van der Waals surface area contributed by atoms with E-state index >= 15 is 0 Å². The van der Waals surface area contributed by atoms with Gasteiger partial charge in [-0.3, -0.25) is 4.90 Å². The van der Waals surface area contributed by atoms with Gasteiger partial charge in [0.15, 0.2) is 0 Å². The molecular formula is C6H12N4S. The molecule has 0 aliphatic heterocycles. The second-order valence-corrected chi connectivity index (χ2v) is 3.28.